The van der Waals surface area contributed by atoms with Gasteiger partial charge in [-0.05, 0) is 48.7 Å². The van der Waals surface area contributed by atoms with Gasteiger partial charge in [0, 0.05) is 43.1 Å². The van der Waals surface area contributed by atoms with E-state index in [4.69, 9.17) is 0 Å². The van der Waals surface area contributed by atoms with Crippen molar-refractivity contribution in [3.8, 4) is 5.75 Å². The Morgan fingerprint density at radius 3 is 2.54 bits per heavy atom. The highest BCUT2D eigenvalue weighted by molar-refractivity contribution is 5.81. The second-order valence-corrected chi connectivity index (χ2v) is 8.82. The lowest BCUT2D eigenvalue weighted by atomic mass is 9.93. The number of hydrogen-bond acceptors (Lipinski definition) is 5. The molecule has 0 saturated heterocycles. The van der Waals surface area contributed by atoms with Crippen LogP contribution in [0.5, 0.6) is 5.75 Å². The van der Waals surface area contributed by atoms with Gasteiger partial charge in [-0.1, -0.05) is 26.0 Å². The molecule has 28 heavy (non-hydrogen) atoms. The van der Waals surface area contributed by atoms with Gasteiger partial charge in [-0.25, -0.2) is 0 Å². The van der Waals surface area contributed by atoms with E-state index in [1.165, 1.54) is 33.6 Å². The summed E-state index contributed by atoms with van der Waals surface area (Å²) in [4.78, 5) is 9.58. The fraction of sp³-hybridized carbons (Fsp3) is 0.478. The third-order valence-electron chi connectivity index (χ3n) is 6.46. The number of fused-ring (bicyclic) bond motifs is 8. The van der Waals surface area contributed by atoms with Gasteiger partial charge in [0.25, 0.3) is 0 Å². The Hall–Kier alpha value is -2.40. The van der Waals surface area contributed by atoms with Crippen molar-refractivity contribution in [2.75, 3.05) is 41.6 Å². The van der Waals surface area contributed by atoms with Crippen molar-refractivity contribution in [2.24, 2.45) is 0 Å². The number of anilines is 3. The number of rotatable bonds is 2. The van der Waals surface area contributed by atoms with E-state index in [2.05, 4.69) is 65.6 Å². The van der Waals surface area contributed by atoms with E-state index in [9.17, 15) is 5.11 Å². The molecular formula is C23H30N4O. The molecule has 5 rings (SSSR count). The van der Waals surface area contributed by atoms with Gasteiger partial charge in [-0.2, -0.15) is 0 Å². The number of phenols is 1. The molecule has 0 aliphatic carbocycles. The molecule has 3 aliphatic rings. The molecule has 5 heteroatoms. The Morgan fingerprint density at radius 2 is 1.79 bits per heavy atom. The molecule has 2 aromatic carbocycles. The fourth-order valence-electron chi connectivity index (χ4n) is 5.15. The topological polar surface area (TPSA) is 33.2 Å². The molecule has 0 amide bonds. The van der Waals surface area contributed by atoms with Crippen LogP contribution < -0.4 is 14.7 Å². The molecule has 0 aromatic heterocycles. The van der Waals surface area contributed by atoms with Crippen LogP contribution in [0.25, 0.3) is 0 Å². The second kappa shape index (κ2) is 6.31. The van der Waals surface area contributed by atoms with Crippen molar-refractivity contribution >= 4 is 17.1 Å². The lowest BCUT2D eigenvalue weighted by Crippen LogP contribution is -2.48. The first-order valence-electron chi connectivity index (χ1n) is 10.4. The van der Waals surface area contributed by atoms with E-state index in [1.54, 1.807) is 0 Å². The summed E-state index contributed by atoms with van der Waals surface area (Å²) >= 11 is 0. The first-order chi connectivity index (χ1) is 13.5. The number of nitrogens with zero attached hydrogens (tertiary/aromatic N) is 4. The van der Waals surface area contributed by atoms with Crippen LogP contribution in [0.15, 0.2) is 24.3 Å². The lowest BCUT2D eigenvalue weighted by Gasteiger charge is -2.48. The average molecular weight is 379 g/mol. The SMILES string of the molecule is CCN1CN(C)Cc2cc(O)c3c(c21)CN1CN3Cc2cc(C(C)C)ccc21. The van der Waals surface area contributed by atoms with E-state index in [-0.39, 0.29) is 0 Å². The van der Waals surface area contributed by atoms with Crippen LogP contribution in [0.1, 0.15) is 48.9 Å². The van der Waals surface area contributed by atoms with Crippen molar-refractivity contribution in [1.29, 1.82) is 0 Å². The Kier molecular flexibility index (Phi) is 3.98. The molecule has 2 bridgehead atoms. The third kappa shape index (κ3) is 2.56. The van der Waals surface area contributed by atoms with E-state index < -0.39 is 0 Å². The van der Waals surface area contributed by atoms with E-state index in [1.807, 2.05) is 6.07 Å². The van der Waals surface area contributed by atoms with Crippen LogP contribution in [0.3, 0.4) is 0 Å². The number of phenolic OH excluding ortho intramolecular Hbond substituents is 1. The summed E-state index contributed by atoms with van der Waals surface area (Å²) in [6, 6.07) is 8.93. The number of aromatic hydroxyl groups is 1. The largest absolute Gasteiger partial charge is 0.506 e. The molecule has 2 aromatic rings. The molecule has 148 valence electrons. The normalized spacial score (nSPS) is 18.2. The quantitative estimate of drug-likeness (QED) is 0.853. The van der Waals surface area contributed by atoms with Gasteiger partial charge in [-0.15, -0.1) is 0 Å². The Morgan fingerprint density at radius 1 is 0.964 bits per heavy atom. The summed E-state index contributed by atoms with van der Waals surface area (Å²) in [5.74, 6) is 0.961. The number of benzene rings is 2. The monoisotopic (exact) mass is 378 g/mol. The predicted molar refractivity (Wildman–Crippen MR) is 115 cm³/mol. The van der Waals surface area contributed by atoms with Crippen molar-refractivity contribution < 1.29 is 5.11 Å². The molecule has 0 spiro atoms. The minimum absolute atomic E-state index is 0.434. The van der Waals surface area contributed by atoms with E-state index in [0.717, 1.165) is 45.2 Å². The minimum atomic E-state index is 0.434. The van der Waals surface area contributed by atoms with Crippen molar-refractivity contribution in [3.63, 3.8) is 0 Å². The first kappa shape index (κ1) is 17.7. The summed E-state index contributed by atoms with van der Waals surface area (Å²) in [5.41, 5.74) is 9.01. The van der Waals surface area contributed by atoms with Crippen molar-refractivity contribution in [2.45, 2.75) is 46.3 Å². The molecule has 3 heterocycles. The van der Waals surface area contributed by atoms with Crippen molar-refractivity contribution in [3.05, 3.63) is 46.5 Å². The molecule has 5 nitrogen and oxygen atoms in total. The van der Waals surface area contributed by atoms with Crippen LogP contribution in [0, 0.1) is 0 Å². The number of hydrogen-bond donors (Lipinski definition) is 1. The highest BCUT2D eigenvalue weighted by Gasteiger charge is 2.36. The molecular weight excluding hydrogens is 348 g/mol. The fourth-order valence-corrected chi connectivity index (χ4v) is 5.15. The molecule has 0 saturated carbocycles. The summed E-state index contributed by atoms with van der Waals surface area (Å²) < 4.78 is 0. The summed E-state index contributed by atoms with van der Waals surface area (Å²) in [5, 5.41) is 11.0. The highest BCUT2D eigenvalue weighted by atomic mass is 16.3. The molecule has 0 radical (unpaired) electrons. The average Bonchev–Trinajstić information content (AvgIpc) is 2.66. The zero-order valence-corrected chi connectivity index (χ0v) is 17.4. The van der Waals surface area contributed by atoms with Crippen LogP contribution in [-0.2, 0) is 19.6 Å². The van der Waals surface area contributed by atoms with Gasteiger partial charge in [0.1, 0.15) is 5.75 Å². The maximum atomic E-state index is 11.0. The maximum absolute atomic E-state index is 11.0. The maximum Gasteiger partial charge on any atom is 0.139 e. The van der Waals surface area contributed by atoms with Gasteiger partial charge >= 0.3 is 0 Å². The zero-order valence-electron chi connectivity index (χ0n) is 17.4. The van der Waals surface area contributed by atoms with Gasteiger partial charge < -0.3 is 19.8 Å². The lowest BCUT2D eigenvalue weighted by molar-refractivity contribution is 0.309. The van der Waals surface area contributed by atoms with Crippen LogP contribution >= 0.6 is 0 Å². The second-order valence-electron chi connectivity index (χ2n) is 8.82. The highest BCUT2D eigenvalue weighted by Crippen LogP contribution is 2.48. The Balaban J connectivity index is 1.63. The summed E-state index contributed by atoms with van der Waals surface area (Å²) in [6.07, 6.45) is 0. The van der Waals surface area contributed by atoms with Gasteiger partial charge in [0.2, 0.25) is 0 Å². The van der Waals surface area contributed by atoms with Crippen LogP contribution in [0.2, 0.25) is 0 Å². The summed E-state index contributed by atoms with van der Waals surface area (Å²) in [6.45, 7) is 12.1. The van der Waals surface area contributed by atoms with Crippen LogP contribution in [-0.4, -0.2) is 36.9 Å². The molecule has 3 aliphatic heterocycles. The smallest absolute Gasteiger partial charge is 0.139 e. The standard InChI is InChI=1S/C23H30N4O/c1-5-25-13-24(4)10-18-9-21(28)23-19(22(18)25)12-26-14-27(23)11-17-8-16(15(2)3)6-7-20(17)26/h6-9,15,28H,5,10-14H2,1-4H3. The van der Waals surface area contributed by atoms with Gasteiger partial charge in [0.05, 0.1) is 19.0 Å². The minimum Gasteiger partial charge on any atom is -0.506 e. The third-order valence-corrected chi connectivity index (χ3v) is 6.46. The Labute approximate surface area is 167 Å². The van der Waals surface area contributed by atoms with Crippen molar-refractivity contribution in [1.82, 2.24) is 4.90 Å². The summed E-state index contributed by atoms with van der Waals surface area (Å²) in [7, 11) is 2.15. The predicted octanol–water partition coefficient (Wildman–Crippen LogP) is 4.04. The van der Waals surface area contributed by atoms with E-state index >= 15 is 0 Å². The molecule has 0 atom stereocenters. The van der Waals surface area contributed by atoms with E-state index in [0.29, 0.717) is 11.7 Å². The molecule has 0 fully saturated rings. The zero-order chi connectivity index (χ0) is 19.6. The van der Waals surface area contributed by atoms with Gasteiger partial charge in [0.15, 0.2) is 0 Å². The van der Waals surface area contributed by atoms with Gasteiger partial charge in [-0.3, -0.25) is 4.90 Å². The van der Waals surface area contributed by atoms with Crippen LogP contribution in [0.4, 0.5) is 17.1 Å². The first-order valence-corrected chi connectivity index (χ1v) is 10.4. The Bertz CT molecular complexity index is 939. The molecule has 1 N–H and O–H groups in total. The molecule has 0 unspecified atom stereocenters.